The number of nitrogens with one attached hydrogen (secondary N) is 1. The molecular formula is C21H26N2O2. The number of ether oxygens (including phenoxy) is 1. The lowest BCUT2D eigenvalue weighted by Crippen LogP contribution is -2.37. The number of nitrogens with two attached hydrogens (primary N) is 1. The quantitative estimate of drug-likeness (QED) is 0.877. The van der Waals surface area contributed by atoms with Crippen LogP contribution >= 0.6 is 0 Å². The molecule has 1 aliphatic carbocycles. The predicted octanol–water partition coefficient (Wildman–Crippen LogP) is 3.50. The van der Waals surface area contributed by atoms with E-state index in [0.717, 1.165) is 48.1 Å². The second-order valence-corrected chi connectivity index (χ2v) is 6.77. The molecule has 0 spiro atoms. The smallest absolute Gasteiger partial charge is 0.223 e. The van der Waals surface area contributed by atoms with Gasteiger partial charge >= 0.3 is 0 Å². The van der Waals surface area contributed by atoms with Gasteiger partial charge in [0.05, 0.1) is 7.11 Å². The van der Waals surface area contributed by atoms with Crippen molar-refractivity contribution in [2.75, 3.05) is 7.11 Å². The van der Waals surface area contributed by atoms with Gasteiger partial charge in [-0.05, 0) is 48.1 Å². The molecule has 0 aliphatic heterocycles. The fourth-order valence-electron chi connectivity index (χ4n) is 3.40. The van der Waals surface area contributed by atoms with Gasteiger partial charge in [0.25, 0.3) is 0 Å². The molecule has 0 aromatic heterocycles. The maximum absolute atomic E-state index is 12.3. The number of benzene rings is 2. The topological polar surface area (TPSA) is 64.3 Å². The van der Waals surface area contributed by atoms with E-state index in [1.807, 2.05) is 24.3 Å². The number of carbonyl (C=O) groups excluding carboxylic acids is 1. The van der Waals surface area contributed by atoms with Gasteiger partial charge in [-0.25, -0.2) is 0 Å². The number of rotatable bonds is 5. The third-order valence-electron chi connectivity index (χ3n) is 4.93. The van der Waals surface area contributed by atoms with Gasteiger partial charge in [-0.2, -0.15) is 0 Å². The molecule has 1 saturated carbocycles. The van der Waals surface area contributed by atoms with Crippen LogP contribution in [0.5, 0.6) is 5.75 Å². The van der Waals surface area contributed by atoms with Crippen LogP contribution in [-0.4, -0.2) is 19.1 Å². The van der Waals surface area contributed by atoms with Crippen molar-refractivity contribution in [2.45, 2.75) is 38.3 Å². The Morgan fingerprint density at radius 1 is 1.08 bits per heavy atom. The van der Waals surface area contributed by atoms with Crippen molar-refractivity contribution in [3.8, 4) is 16.9 Å². The zero-order valence-electron chi connectivity index (χ0n) is 14.7. The van der Waals surface area contributed by atoms with Gasteiger partial charge in [0.15, 0.2) is 0 Å². The van der Waals surface area contributed by atoms with Gasteiger partial charge < -0.3 is 15.8 Å². The van der Waals surface area contributed by atoms with Gasteiger partial charge in [-0.1, -0.05) is 42.8 Å². The summed E-state index contributed by atoms with van der Waals surface area (Å²) in [7, 11) is 1.67. The Bertz CT molecular complexity index is 695. The second kappa shape index (κ2) is 8.17. The molecule has 0 heterocycles. The van der Waals surface area contributed by atoms with Crippen LogP contribution in [0.2, 0.25) is 0 Å². The maximum atomic E-state index is 12.3. The largest absolute Gasteiger partial charge is 0.497 e. The zero-order chi connectivity index (χ0) is 17.6. The molecule has 0 saturated heterocycles. The van der Waals surface area contributed by atoms with E-state index in [1.54, 1.807) is 7.11 Å². The highest BCUT2D eigenvalue weighted by molar-refractivity contribution is 5.78. The van der Waals surface area contributed by atoms with Crippen molar-refractivity contribution in [2.24, 2.45) is 11.7 Å². The number of hydrogen-bond acceptors (Lipinski definition) is 3. The molecule has 2 unspecified atom stereocenters. The predicted molar refractivity (Wildman–Crippen MR) is 100 cm³/mol. The summed E-state index contributed by atoms with van der Waals surface area (Å²) in [4.78, 5) is 12.3. The lowest BCUT2D eigenvalue weighted by molar-refractivity contribution is -0.126. The molecule has 3 N–H and O–H groups in total. The van der Waals surface area contributed by atoms with Crippen LogP contribution < -0.4 is 15.8 Å². The summed E-state index contributed by atoms with van der Waals surface area (Å²) in [5, 5.41) is 3.05. The standard InChI is InChI=1S/C21H26N2O2/c1-25-20-11-9-17(10-12-20)16-7-5-15(6-8-16)14-23-21(24)18-3-2-4-19(22)13-18/h5-12,18-19H,2-4,13-14,22H2,1H3,(H,23,24). The Morgan fingerprint density at radius 2 is 1.72 bits per heavy atom. The summed E-state index contributed by atoms with van der Waals surface area (Å²) < 4.78 is 5.19. The van der Waals surface area contributed by atoms with Crippen LogP contribution in [-0.2, 0) is 11.3 Å². The molecule has 3 rings (SSSR count). The van der Waals surface area contributed by atoms with E-state index in [4.69, 9.17) is 10.5 Å². The fourth-order valence-corrected chi connectivity index (χ4v) is 3.40. The average Bonchev–Trinajstić information content (AvgIpc) is 2.66. The number of carbonyl (C=O) groups is 1. The Kier molecular flexibility index (Phi) is 5.71. The molecule has 2 aromatic carbocycles. The van der Waals surface area contributed by atoms with Gasteiger partial charge in [-0.15, -0.1) is 0 Å². The first kappa shape index (κ1) is 17.5. The summed E-state index contributed by atoms with van der Waals surface area (Å²) in [6.45, 7) is 0.563. The van der Waals surface area contributed by atoms with Gasteiger partial charge in [0.2, 0.25) is 5.91 Å². The minimum Gasteiger partial charge on any atom is -0.497 e. The minimum absolute atomic E-state index is 0.0716. The maximum Gasteiger partial charge on any atom is 0.223 e. The number of hydrogen-bond donors (Lipinski definition) is 2. The first-order valence-corrected chi connectivity index (χ1v) is 8.92. The van der Waals surface area contributed by atoms with Crippen LogP contribution in [0.1, 0.15) is 31.2 Å². The van der Waals surface area contributed by atoms with E-state index in [0.29, 0.717) is 6.54 Å². The summed E-state index contributed by atoms with van der Waals surface area (Å²) in [6, 6.07) is 16.5. The highest BCUT2D eigenvalue weighted by Gasteiger charge is 2.24. The average molecular weight is 338 g/mol. The van der Waals surface area contributed by atoms with Crippen molar-refractivity contribution in [1.82, 2.24) is 5.32 Å². The highest BCUT2D eigenvalue weighted by atomic mass is 16.5. The summed E-state index contributed by atoms with van der Waals surface area (Å²) in [6.07, 6.45) is 3.85. The van der Waals surface area contributed by atoms with E-state index < -0.39 is 0 Å². The SMILES string of the molecule is COc1ccc(-c2ccc(CNC(=O)C3CCCC(N)C3)cc2)cc1. The summed E-state index contributed by atoms with van der Waals surface area (Å²) in [5.74, 6) is 1.06. The first-order valence-electron chi connectivity index (χ1n) is 8.92. The Labute approximate surface area is 149 Å². The Hall–Kier alpha value is -2.33. The minimum atomic E-state index is 0.0716. The van der Waals surface area contributed by atoms with Crippen LogP contribution in [0.25, 0.3) is 11.1 Å². The van der Waals surface area contributed by atoms with Gasteiger partial charge in [-0.3, -0.25) is 4.79 Å². The number of methoxy groups -OCH3 is 1. The molecule has 4 nitrogen and oxygen atoms in total. The van der Waals surface area contributed by atoms with E-state index >= 15 is 0 Å². The van der Waals surface area contributed by atoms with E-state index in [2.05, 4.69) is 29.6 Å². The summed E-state index contributed by atoms with van der Waals surface area (Å²) >= 11 is 0. The van der Waals surface area contributed by atoms with Gasteiger partial charge in [0, 0.05) is 18.5 Å². The highest BCUT2D eigenvalue weighted by Crippen LogP contribution is 2.24. The zero-order valence-corrected chi connectivity index (χ0v) is 14.7. The third-order valence-corrected chi connectivity index (χ3v) is 4.93. The van der Waals surface area contributed by atoms with E-state index in [1.165, 1.54) is 0 Å². The van der Waals surface area contributed by atoms with Crippen molar-refractivity contribution in [1.29, 1.82) is 0 Å². The van der Waals surface area contributed by atoms with Crippen LogP contribution in [0.15, 0.2) is 48.5 Å². The van der Waals surface area contributed by atoms with Crippen molar-refractivity contribution >= 4 is 5.91 Å². The van der Waals surface area contributed by atoms with Crippen molar-refractivity contribution < 1.29 is 9.53 Å². The van der Waals surface area contributed by atoms with Crippen LogP contribution in [0, 0.1) is 5.92 Å². The molecule has 0 bridgehead atoms. The first-order chi connectivity index (χ1) is 12.2. The fraction of sp³-hybridized carbons (Fsp3) is 0.381. The lowest BCUT2D eigenvalue weighted by Gasteiger charge is -2.25. The molecule has 2 atom stereocenters. The van der Waals surface area contributed by atoms with Crippen LogP contribution in [0.3, 0.4) is 0 Å². The molecular weight excluding hydrogens is 312 g/mol. The summed E-state index contributed by atoms with van der Waals surface area (Å²) in [5.41, 5.74) is 9.37. The van der Waals surface area contributed by atoms with Crippen molar-refractivity contribution in [3.05, 3.63) is 54.1 Å². The monoisotopic (exact) mass is 338 g/mol. The molecule has 25 heavy (non-hydrogen) atoms. The van der Waals surface area contributed by atoms with Gasteiger partial charge in [0.1, 0.15) is 5.75 Å². The third kappa shape index (κ3) is 4.60. The molecule has 4 heteroatoms. The van der Waals surface area contributed by atoms with Crippen LogP contribution in [0.4, 0.5) is 0 Å². The van der Waals surface area contributed by atoms with Crippen molar-refractivity contribution in [3.63, 3.8) is 0 Å². The van der Waals surface area contributed by atoms with E-state index in [-0.39, 0.29) is 17.9 Å². The normalized spacial score (nSPS) is 20.1. The van der Waals surface area contributed by atoms with E-state index in [9.17, 15) is 4.79 Å². The number of amides is 1. The molecule has 0 radical (unpaired) electrons. The lowest BCUT2D eigenvalue weighted by atomic mass is 9.85. The molecule has 1 amide bonds. The second-order valence-electron chi connectivity index (χ2n) is 6.77. The molecule has 132 valence electrons. The Morgan fingerprint density at radius 3 is 2.32 bits per heavy atom. The molecule has 1 fully saturated rings. The molecule has 2 aromatic rings. The molecule has 1 aliphatic rings. The Balaban J connectivity index is 1.56.